The number of hydrogen-bond donors (Lipinski definition) is 3. The molecule has 1 amide bonds. The summed E-state index contributed by atoms with van der Waals surface area (Å²) >= 11 is 1.40. The maximum absolute atomic E-state index is 11.8. The van der Waals surface area contributed by atoms with Gasteiger partial charge in [0, 0.05) is 10.9 Å². The molecule has 0 aromatic carbocycles. The zero-order chi connectivity index (χ0) is 15.2. The molecule has 0 saturated carbocycles. The van der Waals surface area contributed by atoms with Gasteiger partial charge in [-0.05, 0) is 23.1 Å². The second kappa shape index (κ2) is 6.69. The Morgan fingerprint density at radius 3 is 2.90 bits per heavy atom. The highest BCUT2D eigenvalue weighted by molar-refractivity contribution is 7.12. The van der Waals surface area contributed by atoms with Gasteiger partial charge in [-0.2, -0.15) is 0 Å². The fraction of sp³-hybridized carbons (Fsp3) is 0.154. The first-order valence-electron chi connectivity index (χ1n) is 5.90. The Kier molecular flexibility index (Phi) is 4.71. The normalized spacial score (nSPS) is 9.76. The van der Waals surface area contributed by atoms with Crippen LogP contribution in [0.3, 0.4) is 0 Å². The van der Waals surface area contributed by atoms with E-state index in [-0.39, 0.29) is 18.1 Å². The third-order valence-electron chi connectivity index (χ3n) is 2.49. The van der Waals surface area contributed by atoms with Crippen molar-refractivity contribution in [2.75, 3.05) is 6.61 Å². The highest BCUT2D eigenvalue weighted by Gasteiger charge is 2.15. The number of H-pyrrole nitrogens is 1. The highest BCUT2D eigenvalue weighted by Crippen LogP contribution is 2.15. The number of rotatable bonds is 4. The number of amides is 1. The van der Waals surface area contributed by atoms with Crippen LogP contribution in [0.25, 0.3) is 0 Å². The van der Waals surface area contributed by atoms with Crippen molar-refractivity contribution in [3.05, 3.63) is 49.8 Å². The van der Waals surface area contributed by atoms with Crippen LogP contribution in [0.2, 0.25) is 0 Å². The van der Waals surface area contributed by atoms with E-state index in [9.17, 15) is 14.9 Å². The third kappa shape index (κ3) is 3.92. The smallest absolute Gasteiger partial charge is 0.321 e. The Morgan fingerprint density at radius 1 is 1.43 bits per heavy atom. The second-order valence-electron chi connectivity index (χ2n) is 3.92. The van der Waals surface area contributed by atoms with Gasteiger partial charge >= 0.3 is 5.82 Å². The van der Waals surface area contributed by atoms with Crippen LogP contribution in [0.15, 0.2) is 24.3 Å². The van der Waals surface area contributed by atoms with E-state index in [1.807, 2.05) is 6.07 Å². The molecule has 2 aromatic heterocycles. The molecule has 0 aliphatic carbocycles. The van der Waals surface area contributed by atoms with Gasteiger partial charge in [-0.1, -0.05) is 11.8 Å². The summed E-state index contributed by atoms with van der Waals surface area (Å²) in [5.41, 5.74) is 0.138. The van der Waals surface area contributed by atoms with Gasteiger partial charge in [-0.25, -0.2) is 4.98 Å². The molecule has 108 valence electrons. The van der Waals surface area contributed by atoms with E-state index in [4.69, 9.17) is 5.11 Å². The number of nitro groups is 1. The summed E-state index contributed by atoms with van der Waals surface area (Å²) in [6.45, 7) is 0.104. The molecule has 0 unspecified atom stereocenters. The average Bonchev–Trinajstić information content (AvgIpc) is 3.11. The molecular weight excluding hydrogens is 294 g/mol. The fourth-order valence-electron chi connectivity index (χ4n) is 1.55. The number of thiophene rings is 1. The minimum atomic E-state index is -0.595. The van der Waals surface area contributed by atoms with Crippen LogP contribution in [0.1, 0.15) is 20.2 Å². The number of nitrogens with one attached hydrogen (secondary N) is 2. The lowest BCUT2D eigenvalue weighted by atomic mass is 10.4. The van der Waals surface area contributed by atoms with Crippen molar-refractivity contribution in [1.82, 2.24) is 10.3 Å². The Labute approximate surface area is 123 Å². The molecule has 0 aliphatic rings. The zero-order valence-corrected chi connectivity index (χ0v) is 11.6. The molecule has 0 saturated heterocycles. The number of aromatic amines is 1. The number of aliphatic hydroxyl groups excluding tert-OH is 1. The Balaban J connectivity index is 1.94. The quantitative estimate of drug-likeness (QED) is 0.449. The van der Waals surface area contributed by atoms with Crippen LogP contribution >= 0.6 is 11.3 Å². The molecule has 0 spiro atoms. The van der Waals surface area contributed by atoms with Gasteiger partial charge in [0.05, 0.1) is 11.4 Å². The van der Waals surface area contributed by atoms with E-state index < -0.39 is 10.8 Å². The van der Waals surface area contributed by atoms with E-state index >= 15 is 0 Å². The lowest BCUT2D eigenvalue weighted by Gasteiger charge is -1.99. The third-order valence-corrected chi connectivity index (χ3v) is 3.49. The molecule has 3 N–H and O–H groups in total. The summed E-state index contributed by atoms with van der Waals surface area (Å²) in [5.74, 6) is 4.67. The first-order valence-corrected chi connectivity index (χ1v) is 6.72. The summed E-state index contributed by atoms with van der Waals surface area (Å²) in [5, 5.41) is 21.8. The van der Waals surface area contributed by atoms with E-state index in [2.05, 4.69) is 22.1 Å². The van der Waals surface area contributed by atoms with E-state index in [1.165, 1.54) is 23.5 Å². The first kappa shape index (κ1) is 14.8. The zero-order valence-electron chi connectivity index (χ0n) is 10.8. The van der Waals surface area contributed by atoms with Crippen LogP contribution in [-0.2, 0) is 6.54 Å². The van der Waals surface area contributed by atoms with Crippen molar-refractivity contribution in [2.24, 2.45) is 0 Å². The topological polar surface area (TPSA) is 108 Å². The van der Waals surface area contributed by atoms with Gasteiger partial charge in [0.1, 0.15) is 6.61 Å². The molecule has 2 heterocycles. The van der Waals surface area contributed by atoms with Crippen molar-refractivity contribution in [2.45, 2.75) is 6.54 Å². The lowest BCUT2D eigenvalue weighted by molar-refractivity contribution is -0.389. The van der Waals surface area contributed by atoms with Crippen LogP contribution < -0.4 is 5.32 Å². The van der Waals surface area contributed by atoms with E-state index in [0.29, 0.717) is 6.54 Å². The molecular formula is C13H11N3O4S. The first-order chi connectivity index (χ1) is 10.1. The number of nitrogens with zero attached hydrogens (tertiary/aromatic N) is 1. The van der Waals surface area contributed by atoms with Gasteiger partial charge in [0.2, 0.25) is 0 Å². The average molecular weight is 305 g/mol. The number of aromatic nitrogens is 1. The van der Waals surface area contributed by atoms with Gasteiger partial charge in [-0.3, -0.25) is 4.79 Å². The molecule has 0 bridgehead atoms. The van der Waals surface area contributed by atoms with Crippen LogP contribution in [0, 0.1) is 22.0 Å². The highest BCUT2D eigenvalue weighted by atomic mass is 32.1. The van der Waals surface area contributed by atoms with Gasteiger partial charge in [0.15, 0.2) is 5.69 Å². The molecule has 2 rings (SSSR count). The summed E-state index contributed by atoms with van der Waals surface area (Å²) in [6.07, 6.45) is 0. The summed E-state index contributed by atoms with van der Waals surface area (Å²) < 4.78 is 0. The Morgan fingerprint density at radius 2 is 2.24 bits per heavy atom. The van der Waals surface area contributed by atoms with Crippen molar-refractivity contribution in [3.8, 4) is 11.8 Å². The van der Waals surface area contributed by atoms with Crippen molar-refractivity contribution in [3.63, 3.8) is 0 Å². The molecule has 8 heteroatoms. The van der Waals surface area contributed by atoms with E-state index in [0.717, 1.165) is 9.75 Å². The second-order valence-corrected chi connectivity index (χ2v) is 5.09. The van der Waals surface area contributed by atoms with Crippen LogP contribution in [0.4, 0.5) is 5.82 Å². The summed E-state index contributed by atoms with van der Waals surface area (Å²) in [7, 11) is 0. The predicted octanol–water partition coefficient (Wildman–Crippen LogP) is 1.26. The summed E-state index contributed by atoms with van der Waals surface area (Å²) in [6, 6.07) is 6.22. The molecule has 0 fully saturated rings. The monoisotopic (exact) mass is 305 g/mol. The number of hydrogen-bond acceptors (Lipinski definition) is 5. The number of aliphatic hydroxyl groups is 1. The fourth-order valence-corrected chi connectivity index (χ4v) is 2.37. The van der Waals surface area contributed by atoms with E-state index in [1.54, 1.807) is 6.07 Å². The molecule has 7 nitrogen and oxygen atoms in total. The van der Waals surface area contributed by atoms with Crippen molar-refractivity contribution < 1.29 is 14.8 Å². The van der Waals surface area contributed by atoms with Crippen LogP contribution in [0.5, 0.6) is 0 Å². The standard InChI is InChI=1S/C13H11N3O4S/c17-7-1-2-9-3-4-10(21-9)8-14-13(18)11-5-6-12(15-11)16(19)20/h3-6,15,17H,7-8H2,(H,14,18). The van der Waals surface area contributed by atoms with Crippen molar-refractivity contribution in [1.29, 1.82) is 0 Å². The number of carbonyl (C=O) groups is 1. The van der Waals surface area contributed by atoms with Crippen molar-refractivity contribution >= 4 is 23.1 Å². The van der Waals surface area contributed by atoms with Gasteiger partial charge in [0.25, 0.3) is 5.91 Å². The molecule has 0 aliphatic heterocycles. The largest absolute Gasteiger partial charge is 0.384 e. The maximum atomic E-state index is 11.8. The molecule has 21 heavy (non-hydrogen) atoms. The van der Waals surface area contributed by atoms with Gasteiger partial charge < -0.3 is 20.5 Å². The minimum absolute atomic E-state index is 0.138. The Hall–Kier alpha value is -2.63. The minimum Gasteiger partial charge on any atom is -0.384 e. The van der Waals surface area contributed by atoms with Crippen LogP contribution in [-0.4, -0.2) is 27.5 Å². The molecule has 2 aromatic rings. The lowest BCUT2D eigenvalue weighted by Crippen LogP contribution is -2.22. The Bertz CT molecular complexity index is 723. The predicted molar refractivity (Wildman–Crippen MR) is 76.9 cm³/mol. The molecule has 0 radical (unpaired) electrons. The SMILES string of the molecule is O=C(NCc1ccc(C#CCO)s1)c1ccc([N+](=O)[O-])[nH]1. The van der Waals surface area contributed by atoms with Gasteiger partial charge in [-0.15, -0.1) is 11.3 Å². The maximum Gasteiger partial charge on any atom is 0.321 e. The molecule has 0 atom stereocenters. The number of carbonyl (C=O) groups excluding carboxylic acids is 1. The summed E-state index contributed by atoms with van der Waals surface area (Å²) in [4.78, 5) is 25.8.